The van der Waals surface area contributed by atoms with E-state index in [0.29, 0.717) is 22.5 Å². The summed E-state index contributed by atoms with van der Waals surface area (Å²) < 4.78 is 31.5. The monoisotopic (exact) mass is 426 g/mol. The number of halogens is 1. The summed E-state index contributed by atoms with van der Waals surface area (Å²) in [5.74, 6) is 0.315. The number of carbonyl (C=O) groups is 1. The highest BCUT2D eigenvalue weighted by atomic mass is 79.9. The predicted octanol–water partition coefficient (Wildman–Crippen LogP) is 3.35. The largest absolute Gasteiger partial charge is 0.494 e. The summed E-state index contributed by atoms with van der Waals surface area (Å²) in [4.78, 5) is 12.5. The van der Waals surface area contributed by atoms with Gasteiger partial charge in [0.25, 0.3) is 5.91 Å². The minimum atomic E-state index is -3.66. The number of ether oxygens (including phenoxy) is 1. The maximum atomic E-state index is 12.4. The molecule has 0 fully saturated rings. The third-order valence-electron chi connectivity index (χ3n) is 3.38. The Kier molecular flexibility index (Phi) is 6.21. The van der Waals surface area contributed by atoms with Crippen molar-refractivity contribution < 1.29 is 17.9 Å². The van der Waals surface area contributed by atoms with Gasteiger partial charge in [-0.2, -0.15) is 0 Å². The van der Waals surface area contributed by atoms with Crippen LogP contribution in [0.2, 0.25) is 0 Å². The highest BCUT2D eigenvalue weighted by molar-refractivity contribution is 9.10. The van der Waals surface area contributed by atoms with Crippen LogP contribution < -0.4 is 10.1 Å². The van der Waals surface area contributed by atoms with Gasteiger partial charge in [0.15, 0.2) is 0 Å². The van der Waals surface area contributed by atoms with Gasteiger partial charge in [0, 0.05) is 29.8 Å². The Morgan fingerprint density at radius 3 is 2.36 bits per heavy atom. The standard InChI is InChI=1S/C17H19BrN2O4S/c1-4-24-14-8-6-13(7-9-14)19-17(21)12-5-10-15(18)16(11-12)25(22,23)20(2)3/h5-11H,4H2,1-3H3,(H,19,21). The van der Waals surface area contributed by atoms with E-state index in [9.17, 15) is 13.2 Å². The molecule has 0 saturated heterocycles. The zero-order valence-corrected chi connectivity index (χ0v) is 16.5. The number of hydrogen-bond donors (Lipinski definition) is 1. The molecule has 2 aromatic carbocycles. The van der Waals surface area contributed by atoms with Gasteiger partial charge >= 0.3 is 0 Å². The minimum absolute atomic E-state index is 0.0387. The Morgan fingerprint density at radius 2 is 1.80 bits per heavy atom. The first-order valence-corrected chi connectivity index (χ1v) is 9.75. The molecule has 1 amide bonds. The van der Waals surface area contributed by atoms with Gasteiger partial charge in [-0.05, 0) is 65.3 Å². The average Bonchev–Trinajstić information content (AvgIpc) is 2.57. The molecule has 0 radical (unpaired) electrons. The SMILES string of the molecule is CCOc1ccc(NC(=O)c2ccc(Br)c(S(=O)(=O)N(C)C)c2)cc1. The fourth-order valence-corrected chi connectivity index (χ4v) is 3.89. The second kappa shape index (κ2) is 7.99. The molecule has 0 aliphatic heterocycles. The molecule has 0 unspecified atom stereocenters. The van der Waals surface area contributed by atoms with Crippen molar-refractivity contribution in [3.63, 3.8) is 0 Å². The molecular weight excluding hydrogens is 408 g/mol. The second-order valence-corrected chi connectivity index (χ2v) is 8.32. The first-order chi connectivity index (χ1) is 11.8. The van der Waals surface area contributed by atoms with Gasteiger partial charge in [-0.25, -0.2) is 12.7 Å². The number of amides is 1. The molecule has 1 N–H and O–H groups in total. The molecule has 2 rings (SSSR count). The topological polar surface area (TPSA) is 75.7 Å². The summed E-state index contributed by atoms with van der Waals surface area (Å²) in [6.45, 7) is 2.45. The van der Waals surface area contributed by atoms with Crippen molar-refractivity contribution in [2.24, 2.45) is 0 Å². The molecule has 0 spiro atoms. The van der Waals surface area contributed by atoms with Crippen LogP contribution in [0.15, 0.2) is 51.8 Å². The lowest BCUT2D eigenvalue weighted by Gasteiger charge is -2.14. The van der Waals surface area contributed by atoms with Crippen LogP contribution in [0.1, 0.15) is 17.3 Å². The molecule has 2 aromatic rings. The Morgan fingerprint density at radius 1 is 1.16 bits per heavy atom. The lowest BCUT2D eigenvalue weighted by atomic mass is 10.2. The van der Waals surface area contributed by atoms with Crippen LogP contribution in [-0.4, -0.2) is 39.3 Å². The number of nitrogens with one attached hydrogen (secondary N) is 1. The number of nitrogens with zero attached hydrogens (tertiary/aromatic N) is 1. The second-order valence-electron chi connectivity index (χ2n) is 5.34. The number of rotatable bonds is 6. The molecule has 6 nitrogen and oxygen atoms in total. The van der Waals surface area contributed by atoms with Crippen molar-refractivity contribution in [1.82, 2.24) is 4.31 Å². The van der Waals surface area contributed by atoms with E-state index >= 15 is 0 Å². The Bertz CT molecular complexity index is 865. The van der Waals surface area contributed by atoms with Gasteiger partial charge < -0.3 is 10.1 Å². The lowest BCUT2D eigenvalue weighted by Crippen LogP contribution is -2.23. The van der Waals surface area contributed by atoms with Gasteiger partial charge in [0.1, 0.15) is 5.75 Å². The Balaban J connectivity index is 2.25. The first-order valence-electron chi connectivity index (χ1n) is 7.52. The van der Waals surface area contributed by atoms with Crippen LogP contribution in [0.5, 0.6) is 5.75 Å². The molecule has 25 heavy (non-hydrogen) atoms. The molecule has 0 bridgehead atoms. The summed E-state index contributed by atoms with van der Waals surface area (Å²) in [6.07, 6.45) is 0. The van der Waals surface area contributed by atoms with Gasteiger partial charge in [-0.1, -0.05) is 0 Å². The molecule has 0 aliphatic rings. The Labute approximate surface area is 156 Å². The van der Waals surface area contributed by atoms with Crippen LogP contribution in [0.4, 0.5) is 5.69 Å². The van der Waals surface area contributed by atoms with E-state index in [1.165, 1.54) is 20.2 Å². The van der Waals surface area contributed by atoms with Crippen LogP contribution in [0, 0.1) is 0 Å². The van der Waals surface area contributed by atoms with Gasteiger partial charge in [-0.3, -0.25) is 4.79 Å². The first kappa shape index (κ1) is 19.4. The smallest absolute Gasteiger partial charge is 0.255 e. The molecule has 0 saturated carbocycles. The zero-order valence-electron chi connectivity index (χ0n) is 14.1. The third-order valence-corrected chi connectivity index (χ3v) is 6.18. The number of anilines is 1. The average molecular weight is 427 g/mol. The number of sulfonamides is 1. The van der Waals surface area contributed by atoms with Crippen LogP contribution in [0.3, 0.4) is 0 Å². The van der Waals surface area contributed by atoms with Crippen LogP contribution in [0.25, 0.3) is 0 Å². The summed E-state index contributed by atoms with van der Waals surface area (Å²) in [5, 5.41) is 2.74. The predicted molar refractivity (Wildman–Crippen MR) is 101 cm³/mol. The van der Waals surface area contributed by atoms with E-state index in [-0.39, 0.29) is 10.5 Å². The van der Waals surface area contributed by atoms with Gasteiger partial charge in [-0.15, -0.1) is 0 Å². The maximum absolute atomic E-state index is 12.4. The van der Waals surface area contributed by atoms with Crippen molar-refractivity contribution in [3.05, 3.63) is 52.5 Å². The highest BCUT2D eigenvalue weighted by Crippen LogP contribution is 2.26. The van der Waals surface area contributed by atoms with E-state index in [4.69, 9.17) is 4.74 Å². The van der Waals surface area contributed by atoms with Crippen molar-refractivity contribution in [2.75, 3.05) is 26.0 Å². The fraction of sp³-hybridized carbons (Fsp3) is 0.235. The van der Waals surface area contributed by atoms with Crippen molar-refractivity contribution in [3.8, 4) is 5.75 Å². The normalized spacial score (nSPS) is 11.4. The molecule has 0 aliphatic carbocycles. The van der Waals surface area contributed by atoms with Crippen molar-refractivity contribution >= 4 is 37.5 Å². The third kappa shape index (κ3) is 4.59. The van der Waals surface area contributed by atoms with Gasteiger partial charge in [0.2, 0.25) is 10.0 Å². The van der Waals surface area contributed by atoms with Crippen molar-refractivity contribution in [2.45, 2.75) is 11.8 Å². The van der Waals surface area contributed by atoms with E-state index < -0.39 is 15.9 Å². The quantitative estimate of drug-likeness (QED) is 0.767. The zero-order chi connectivity index (χ0) is 18.6. The molecule has 8 heteroatoms. The van der Waals surface area contributed by atoms with Crippen LogP contribution in [-0.2, 0) is 10.0 Å². The summed E-state index contributed by atoms with van der Waals surface area (Å²) in [6, 6.07) is 11.4. The summed E-state index contributed by atoms with van der Waals surface area (Å²) >= 11 is 3.22. The lowest BCUT2D eigenvalue weighted by molar-refractivity contribution is 0.102. The molecule has 0 aromatic heterocycles. The Hall–Kier alpha value is -1.90. The summed E-state index contributed by atoms with van der Waals surface area (Å²) in [5.41, 5.74) is 0.839. The van der Waals surface area contributed by atoms with Crippen molar-refractivity contribution in [1.29, 1.82) is 0 Å². The molecule has 0 heterocycles. The van der Waals surface area contributed by atoms with E-state index in [1.54, 1.807) is 36.4 Å². The molecule has 0 atom stereocenters. The molecule has 134 valence electrons. The van der Waals surface area contributed by atoms with Gasteiger partial charge in [0.05, 0.1) is 11.5 Å². The van der Waals surface area contributed by atoms with E-state index in [2.05, 4.69) is 21.2 Å². The number of carbonyl (C=O) groups excluding carboxylic acids is 1. The van der Waals surface area contributed by atoms with E-state index in [0.717, 1.165) is 4.31 Å². The fourth-order valence-electron chi connectivity index (χ4n) is 2.04. The van der Waals surface area contributed by atoms with Crippen LogP contribution >= 0.6 is 15.9 Å². The molecular formula is C17H19BrN2O4S. The number of hydrogen-bond acceptors (Lipinski definition) is 4. The maximum Gasteiger partial charge on any atom is 0.255 e. The number of benzene rings is 2. The highest BCUT2D eigenvalue weighted by Gasteiger charge is 2.22. The summed E-state index contributed by atoms with van der Waals surface area (Å²) in [7, 11) is -0.781. The van der Waals surface area contributed by atoms with E-state index in [1.807, 2.05) is 6.92 Å². The minimum Gasteiger partial charge on any atom is -0.494 e.